The van der Waals surface area contributed by atoms with Crippen LogP contribution in [0.2, 0.25) is 0 Å². The van der Waals surface area contributed by atoms with Gasteiger partial charge in [-0.05, 0) is 5.92 Å². The molecule has 0 aliphatic carbocycles. The van der Waals surface area contributed by atoms with Crippen molar-refractivity contribution < 1.29 is 47.9 Å². The summed E-state index contributed by atoms with van der Waals surface area (Å²) in [4.78, 5) is 34.5. The van der Waals surface area contributed by atoms with Gasteiger partial charge in [-0.15, -0.1) is 11.8 Å². The second-order valence-electron chi connectivity index (χ2n) is 8.90. The normalized spacial score (nSPS) is 37.1. The fourth-order valence-corrected chi connectivity index (χ4v) is 5.09. The zero-order chi connectivity index (χ0) is 26.3. The van der Waals surface area contributed by atoms with E-state index in [-0.39, 0.29) is 30.8 Å². The van der Waals surface area contributed by atoms with Gasteiger partial charge in [-0.1, -0.05) is 20.8 Å². The Morgan fingerprint density at radius 3 is 2.03 bits per heavy atom. The molecule has 2 rings (SSSR count). The van der Waals surface area contributed by atoms with Crippen LogP contribution in [0.1, 0.15) is 41.5 Å². The molecule has 2 fully saturated rings. The fraction of sp³-hybridized carbons (Fsp3) is 0.826. The lowest BCUT2D eigenvalue weighted by molar-refractivity contribution is -0.319. The van der Waals surface area contributed by atoms with Gasteiger partial charge < -0.3 is 33.5 Å². The van der Waals surface area contributed by atoms with Crippen molar-refractivity contribution in [1.82, 2.24) is 0 Å². The second kappa shape index (κ2) is 13.4. The van der Waals surface area contributed by atoms with Crippen molar-refractivity contribution in [3.05, 3.63) is 0 Å². The molecule has 2 heterocycles. The van der Waals surface area contributed by atoms with E-state index in [1.54, 1.807) is 6.92 Å². The molecule has 0 radical (unpaired) electrons. The summed E-state index contributed by atoms with van der Waals surface area (Å²) in [5.74, 6) is -2.10. The molecule has 0 aromatic heterocycles. The molecule has 12 heteroatoms. The van der Waals surface area contributed by atoms with Crippen molar-refractivity contribution in [2.24, 2.45) is 17.8 Å². The number of hydrogen-bond donors (Lipinski definition) is 1. The maximum atomic E-state index is 11.8. The molecule has 198 valence electrons. The Bertz CT molecular complexity index is 787. The summed E-state index contributed by atoms with van der Waals surface area (Å²) in [5.41, 5.74) is -0.535. The fourth-order valence-electron chi connectivity index (χ4n) is 4.18. The Balaban J connectivity index is 2.29. The largest absolute Gasteiger partial charge is 0.463 e. The first-order valence-electron chi connectivity index (χ1n) is 11.5. The number of thioether (sulfide) groups is 1. The molecular formula is C23H35NO10S. The molecule has 2 saturated heterocycles. The van der Waals surface area contributed by atoms with E-state index in [2.05, 4.69) is 0 Å². The van der Waals surface area contributed by atoms with Crippen LogP contribution in [0.3, 0.4) is 0 Å². The molecule has 2 aliphatic rings. The van der Waals surface area contributed by atoms with Gasteiger partial charge in [0.05, 0.1) is 24.0 Å². The quantitative estimate of drug-likeness (QED) is 0.348. The second-order valence-corrected chi connectivity index (χ2v) is 9.99. The molecule has 0 aromatic rings. The molecule has 4 unspecified atom stereocenters. The summed E-state index contributed by atoms with van der Waals surface area (Å²) in [5, 5.41) is 20.1. The standard InChI is InChI=1S/C23H35NO10S/c1-11-12(2)21(31-16(6)27)22(32-17(11)9-29-14(4)25)34-20-13(3)23(35-8-7-24)33-18(19(20)28)10-30-15(5)26/h11-13,17-23,28H,8-10H2,1-6H3/t11-,12?,13+,17?,18?,19-,20?,21+,22+,23+/m1/s1. The van der Waals surface area contributed by atoms with E-state index in [1.807, 2.05) is 19.9 Å². The molecule has 11 nitrogen and oxygen atoms in total. The number of aliphatic hydroxyl groups excluding tert-OH is 1. The predicted octanol–water partition coefficient (Wildman–Crippen LogP) is 1.41. The highest BCUT2D eigenvalue weighted by Crippen LogP contribution is 2.39. The van der Waals surface area contributed by atoms with Crippen molar-refractivity contribution in [2.45, 2.75) is 83.8 Å². The Kier molecular flexibility index (Phi) is 11.2. The topological polar surface area (TPSA) is 151 Å². The van der Waals surface area contributed by atoms with E-state index < -0.39 is 66.1 Å². The third kappa shape index (κ3) is 8.05. The number of ether oxygens (including phenoxy) is 6. The van der Waals surface area contributed by atoms with Gasteiger partial charge in [-0.2, -0.15) is 5.26 Å². The van der Waals surface area contributed by atoms with Crippen LogP contribution in [-0.2, 0) is 42.8 Å². The molecule has 0 amide bonds. The smallest absolute Gasteiger partial charge is 0.303 e. The Morgan fingerprint density at radius 1 is 0.886 bits per heavy atom. The van der Waals surface area contributed by atoms with Gasteiger partial charge in [0.15, 0.2) is 12.4 Å². The van der Waals surface area contributed by atoms with Crippen LogP contribution in [0, 0.1) is 29.1 Å². The number of hydrogen-bond acceptors (Lipinski definition) is 12. The highest BCUT2D eigenvalue weighted by molar-refractivity contribution is 7.99. The zero-order valence-electron chi connectivity index (χ0n) is 20.9. The Morgan fingerprint density at radius 2 is 1.49 bits per heavy atom. The average Bonchev–Trinajstić information content (AvgIpc) is 2.78. The number of nitriles is 1. The summed E-state index contributed by atoms with van der Waals surface area (Å²) in [6, 6.07) is 2.05. The van der Waals surface area contributed by atoms with E-state index in [0.717, 1.165) is 0 Å². The van der Waals surface area contributed by atoms with Crippen LogP contribution in [0.5, 0.6) is 0 Å². The van der Waals surface area contributed by atoms with E-state index >= 15 is 0 Å². The van der Waals surface area contributed by atoms with Gasteiger partial charge in [0.25, 0.3) is 0 Å². The van der Waals surface area contributed by atoms with Crippen molar-refractivity contribution >= 4 is 29.7 Å². The number of carbonyl (C=O) groups is 3. The van der Waals surface area contributed by atoms with Gasteiger partial charge in [0.1, 0.15) is 30.9 Å². The van der Waals surface area contributed by atoms with E-state index in [1.165, 1.54) is 32.5 Å². The summed E-state index contributed by atoms with van der Waals surface area (Å²) < 4.78 is 34.0. The lowest BCUT2D eigenvalue weighted by atomic mass is 9.83. The maximum absolute atomic E-state index is 11.8. The van der Waals surface area contributed by atoms with Gasteiger partial charge in [-0.25, -0.2) is 0 Å². The van der Waals surface area contributed by atoms with E-state index in [9.17, 15) is 19.5 Å². The lowest BCUT2D eigenvalue weighted by Gasteiger charge is -2.48. The number of rotatable bonds is 9. The van der Waals surface area contributed by atoms with Crippen molar-refractivity contribution in [1.29, 1.82) is 5.26 Å². The number of esters is 3. The summed E-state index contributed by atoms with van der Waals surface area (Å²) >= 11 is 1.24. The number of aliphatic hydroxyl groups is 1. The average molecular weight is 518 g/mol. The van der Waals surface area contributed by atoms with Gasteiger partial charge in [-0.3, -0.25) is 14.4 Å². The zero-order valence-corrected chi connectivity index (χ0v) is 21.7. The monoisotopic (exact) mass is 517 g/mol. The van der Waals surface area contributed by atoms with Gasteiger partial charge in [0, 0.05) is 32.6 Å². The van der Waals surface area contributed by atoms with Crippen LogP contribution in [0.15, 0.2) is 0 Å². The lowest BCUT2D eigenvalue weighted by Crippen LogP contribution is -2.60. The highest BCUT2D eigenvalue weighted by Gasteiger charge is 2.50. The van der Waals surface area contributed by atoms with Crippen LogP contribution in [-0.4, -0.2) is 84.2 Å². The molecule has 0 saturated carbocycles. The number of carbonyl (C=O) groups excluding carboxylic acids is 3. The molecule has 0 spiro atoms. The Labute approximate surface area is 209 Å². The molecule has 0 bridgehead atoms. The van der Waals surface area contributed by atoms with Crippen molar-refractivity contribution in [2.75, 3.05) is 19.0 Å². The highest BCUT2D eigenvalue weighted by atomic mass is 32.2. The SMILES string of the molecule is CC(=O)OCC1O[C@@H](OC2[C@H](O)C(COC(C)=O)O[C@@H](SCC#N)[C@H]2C)[C@@H](OC(C)=O)C(C)[C@H]1C. The maximum Gasteiger partial charge on any atom is 0.303 e. The molecule has 2 aliphatic heterocycles. The third-order valence-corrected chi connectivity index (χ3v) is 7.46. The van der Waals surface area contributed by atoms with Crippen molar-refractivity contribution in [3.8, 4) is 6.07 Å². The minimum absolute atomic E-state index is 0.00486. The molecule has 10 atom stereocenters. The van der Waals surface area contributed by atoms with E-state index in [0.29, 0.717) is 0 Å². The third-order valence-electron chi connectivity index (χ3n) is 6.29. The first-order chi connectivity index (χ1) is 16.5. The summed E-state index contributed by atoms with van der Waals surface area (Å²) in [6.45, 7) is 9.22. The summed E-state index contributed by atoms with van der Waals surface area (Å²) in [6.07, 6.45) is -5.35. The Hall–Kier alpha value is -1.91. The van der Waals surface area contributed by atoms with E-state index in [4.69, 9.17) is 33.7 Å². The first-order valence-corrected chi connectivity index (χ1v) is 12.6. The van der Waals surface area contributed by atoms with Crippen LogP contribution in [0.25, 0.3) is 0 Å². The molecular weight excluding hydrogens is 482 g/mol. The first kappa shape index (κ1) is 29.3. The predicted molar refractivity (Wildman–Crippen MR) is 123 cm³/mol. The van der Waals surface area contributed by atoms with Gasteiger partial charge in [0.2, 0.25) is 0 Å². The summed E-state index contributed by atoms with van der Waals surface area (Å²) in [7, 11) is 0. The van der Waals surface area contributed by atoms with Crippen molar-refractivity contribution in [3.63, 3.8) is 0 Å². The van der Waals surface area contributed by atoms with Gasteiger partial charge >= 0.3 is 17.9 Å². The van der Waals surface area contributed by atoms with Crippen LogP contribution in [0.4, 0.5) is 0 Å². The minimum Gasteiger partial charge on any atom is -0.463 e. The van der Waals surface area contributed by atoms with Crippen LogP contribution >= 0.6 is 11.8 Å². The van der Waals surface area contributed by atoms with Crippen LogP contribution < -0.4 is 0 Å². The molecule has 35 heavy (non-hydrogen) atoms. The molecule has 1 N–H and O–H groups in total. The molecule has 0 aromatic carbocycles. The number of nitrogens with zero attached hydrogens (tertiary/aromatic N) is 1. The minimum atomic E-state index is -1.20.